The van der Waals surface area contributed by atoms with E-state index >= 15 is 0 Å². The largest absolute Gasteiger partial charge is 0.505 e. The molecule has 0 spiro atoms. The highest BCUT2D eigenvalue weighted by atomic mass is 35.5. The number of thiophene rings is 1. The predicted molar refractivity (Wildman–Crippen MR) is 83.5 cm³/mol. The van der Waals surface area contributed by atoms with Gasteiger partial charge in [0.1, 0.15) is 11.3 Å². The van der Waals surface area contributed by atoms with Gasteiger partial charge in [0.15, 0.2) is 0 Å². The van der Waals surface area contributed by atoms with Gasteiger partial charge >= 0.3 is 0 Å². The van der Waals surface area contributed by atoms with Crippen molar-refractivity contribution in [1.82, 2.24) is 5.32 Å². The molecule has 0 radical (unpaired) electrons. The number of carbonyl (C=O) groups excluding carboxylic acids is 1. The number of aromatic hydroxyl groups is 1. The van der Waals surface area contributed by atoms with Crippen LogP contribution >= 0.6 is 46.1 Å². The van der Waals surface area contributed by atoms with Gasteiger partial charge in [-0.2, -0.15) is 0 Å². The molecule has 0 unspecified atom stereocenters. The molecule has 1 heterocycles. The third-order valence-electron chi connectivity index (χ3n) is 2.61. The monoisotopic (exact) mass is 349 g/mol. The summed E-state index contributed by atoms with van der Waals surface area (Å²) < 4.78 is 0. The van der Waals surface area contributed by atoms with Gasteiger partial charge in [-0.15, -0.1) is 11.3 Å². The van der Waals surface area contributed by atoms with E-state index in [0.29, 0.717) is 13.0 Å². The summed E-state index contributed by atoms with van der Waals surface area (Å²) in [4.78, 5) is 13.2. The fourth-order valence-electron chi connectivity index (χ4n) is 1.64. The van der Waals surface area contributed by atoms with Crippen LogP contribution in [0, 0.1) is 0 Å². The Balaban J connectivity index is 2.09. The van der Waals surface area contributed by atoms with E-state index in [4.69, 9.17) is 34.8 Å². The van der Waals surface area contributed by atoms with Crippen LogP contribution in [0.4, 0.5) is 0 Å². The van der Waals surface area contributed by atoms with Gasteiger partial charge in [0.05, 0.1) is 15.1 Å². The van der Waals surface area contributed by atoms with E-state index in [2.05, 4.69) is 5.32 Å². The molecule has 1 amide bonds. The SMILES string of the molecule is O=C(NCCc1cccs1)c1c(O)c(Cl)cc(Cl)c1Cl. The first-order chi connectivity index (χ1) is 9.50. The van der Waals surface area contributed by atoms with Gasteiger partial charge in [0.25, 0.3) is 5.91 Å². The minimum Gasteiger partial charge on any atom is -0.505 e. The summed E-state index contributed by atoms with van der Waals surface area (Å²) in [6.45, 7) is 0.430. The number of phenols is 1. The number of hydrogen-bond donors (Lipinski definition) is 2. The van der Waals surface area contributed by atoms with E-state index < -0.39 is 5.91 Å². The highest BCUT2D eigenvalue weighted by molar-refractivity contribution is 7.09. The highest BCUT2D eigenvalue weighted by Gasteiger charge is 2.20. The first kappa shape index (κ1) is 15.4. The molecule has 20 heavy (non-hydrogen) atoms. The first-order valence-corrected chi connectivity index (χ1v) is 7.69. The van der Waals surface area contributed by atoms with Crippen LogP contribution in [0.1, 0.15) is 15.2 Å². The molecule has 2 aromatic rings. The molecule has 106 valence electrons. The molecule has 0 saturated carbocycles. The Morgan fingerprint density at radius 3 is 2.70 bits per heavy atom. The van der Waals surface area contributed by atoms with Crippen LogP contribution in [0.2, 0.25) is 15.1 Å². The first-order valence-electron chi connectivity index (χ1n) is 5.67. The van der Waals surface area contributed by atoms with Gasteiger partial charge in [0.2, 0.25) is 0 Å². The Hall–Kier alpha value is -0.940. The van der Waals surface area contributed by atoms with Gasteiger partial charge in [-0.3, -0.25) is 4.79 Å². The number of carbonyl (C=O) groups is 1. The zero-order valence-corrected chi connectivity index (χ0v) is 13.2. The third-order valence-corrected chi connectivity index (χ3v) is 4.62. The summed E-state index contributed by atoms with van der Waals surface area (Å²) >= 11 is 19.2. The molecular weight excluding hydrogens is 341 g/mol. The van der Waals surface area contributed by atoms with Gasteiger partial charge in [-0.05, 0) is 23.9 Å². The highest BCUT2D eigenvalue weighted by Crippen LogP contribution is 2.38. The van der Waals surface area contributed by atoms with Crippen molar-refractivity contribution in [1.29, 1.82) is 0 Å². The van der Waals surface area contributed by atoms with Gasteiger partial charge in [0, 0.05) is 11.4 Å². The van der Waals surface area contributed by atoms with E-state index in [1.165, 1.54) is 6.07 Å². The van der Waals surface area contributed by atoms with E-state index in [1.54, 1.807) is 11.3 Å². The lowest BCUT2D eigenvalue weighted by atomic mass is 10.2. The standard InChI is InChI=1S/C13H10Cl3NO2S/c14-8-6-9(15)12(18)10(11(8)16)13(19)17-4-3-7-2-1-5-20-7/h1-2,5-6,18H,3-4H2,(H,17,19). The molecule has 0 aliphatic carbocycles. The summed E-state index contributed by atoms with van der Waals surface area (Å²) in [5, 5.41) is 14.6. The minimum absolute atomic E-state index is 0.0113. The summed E-state index contributed by atoms with van der Waals surface area (Å²) in [5.41, 5.74) is -0.102. The van der Waals surface area contributed by atoms with Crippen molar-refractivity contribution in [3.63, 3.8) is 0 Å². The average Bonchev–Trinajstić information content (AvgIpc) is 2.90. The van der Waals surface area contributed by atoms with Crippen molar-refractivity contribution in [3.05, 3.63) is 49.1 Å². The number of amides is 1. The van der Waals surface area contributed by atoms with Crippen LogP contribution in [-0.4, -0.2) is 17.6 Å². The van der Waals surface area contributed by atoms with Crippen molar-refractivity contribution >= 4 is 52.0 Å². The Kier molecular flexibility index (Phi) is 5.16. The molecule has 2 rings (SSSR count). The quantitative estimate of drug-likeness (QED) is 0.804. The number of benzene rings is 1. The van der Waals surface area contributed by atoms with E-state index in [0.717, 1.165) is 4.88 Å². The fraction of sp³-hybridized carbons (Fsp3) is 0.154. The summed E-state index contributed by atoms with van der Waals surface area (Å²) in [5.74, 6) is -0.872. The molecule has 0 aliphatic rings. The van der Waals surface area contributed by atoms with Crippen LogP contribution in [-0.2, 0) is 6.42 Å². The Morgan fingerprint density at radius 1 is 1.30 bits per heavy atom. The topological polar surface area (TPSA) is 49.3 Å². The minimum atomic E-state index is -0.506. The molecule has 2 N–H and O–H groups in total. The number of hydrogen-bond acceptors (Lipinski definition) is 3. The summed E-state index contributed by atoms with van der Waals surface area (Å²) in [6, 6.07) is 5.22. The molecule has 3 nitrogen and oxygen atoms in total. The maximum atomic E-state index is 12.0. The number of rotatable bonds is 4. The Morgan fingerprint density at radius 2 is 2.05 bits per heavy atom. The molecule has 0 atom stereocenters. The number of nitrogens with one attached hydrogen (secondary N) is 1. The van der Waals surface area contributed by atoms with Crippen molar-refractivity contribution in [2.75, 3.05) is 6.54 Å². The molecule has 0 bridgehead atoms. The van der Waals surface area contributed by atoms with Crippen molar-refractivity contribution in [2.45, 2.75) is 6.42 Å². The second-order valence-corrected chi connectivity index (χ2v) is 6.19. The lowest BCUT2D eigenvalue weighted by Gasteiger charge is -2.10. The Labute approximate surface area is 135 Å². The smallest absolute Gasteiger partial charge is 0.256 e. The van der Waals surface area contributed by atoms with Crippen LogP contribution in [0.3, 0.4) is 0 Å². The van der Waals surface area contributed by atoms with Crippen molar-refractivity contribution in [3.8, 4) is 5.75 Å². The lowest BCUT2D eigenvalue weighted by Crippen LogP contribution is -2.26. The lowest BCUT2D eigenvalue weighted by molar-refractivity contribution is 0.0951. The zero-order valence-electron chi connectivity index (χ0n) is 10.1. The maximum absolute atomic E-state index is 12.0. The second-order valence-electron chi connectivity index (χ2n) is 3.96. The Bertz CT molecular complexity index is 603. The molecule has 1 aromatic carbocycles. The summed E-state index contributed by atoms with van der Waals surface area (Å²) in [7, 11) is 0. The number of phenolic OH excluding ortho intramolecular Hbond substituents is 1. The third kappa shape index (κ3) is 3.38. The average molecular weight is 351 g/mol. The van der Waals surface area contributed by atoms with Crippen molar-refractivity contribution in [2.24, 2.45) is 0 Å². The maximum Gasteiger partial charge on any atom is 0.256 e. The second kappa shape index (κ2) is 6.68. The van der Waals surface area contributed by atoms with E-state index in [9.17, 15) is 9.90 Å². The van der Waals surface area contributed by atoms with Gasteiger partial charge in [-0.25, -0.2) is 0 Å². The predicted octanol–water partition coefficient (Wildman–Crippen LogP) is 4.39. The van der Waals surface area contributed by atoms with Gasteiger partial charge < -0.3 is 10.4 Å². The van der Waals surface area contributed by atoms with Crippen LogP contribution in [0.5, 0.6) is 5.75 Å². The van der Waals surface area contributed by atoms with Crippen LogP contribution < -0.4 is 5.32 Å². The zero-order chi connectivity index (χ0) is 14.7. The van der Waals surface area contributed by atoms with Gasteiger partial charge in [-0.1, -0.05) is 40.9 Å². The van der Waals surface area contributed by atoms with Crippen molar-refractivity contribution < 1.29 is 9.90 Å². The van der Waals surface area contributed by atoms with Crippen LogP contribution in [0.25, 0.3) is 0 Å². The molecule has 0 saturated heterocycles. The molecule has 0 fully saturated rings. The van der Waals surface area contributed by atoms with E-state index in [1.807, 2.05) is 17.5 Å². The van der Waals surface area contributed by atoms with E-state index in [-0.39, 0.29) is 26.4 Å². The molecule has 0 aliphatic heterocycles. The molecule has 7 heteroatoms. The summed E-state index contributed by atoms with van der Waals surface area (Å²) in [6.07, 6.45) is 0.704. The number of halogens is 3. The fourth-order valence-corrected chi connectivity index (χ4v) is 3.04. The van der Waals surface area contributed by atoms with Crippen LogP contribution in [0.15, 0.2) is 23.6 Å². The normalized spacial score (nSPS) is 10.6. The molecule has 1 aromatic heterocycles. The molecular formula is C13H10Cl3NO2S.